The number of anilines is 1. The number of amides is 1. The van der Waals surface area contributed by atoms with Gasteiger partial charge in [-0.2, -0.15) is 4.31 Å². The first-order valence-corrected chi connectivity index (χ1v) is 10.8. The van der Waals surface area contributed by atoms with Crippen LogP contribution >= 0.6 is 11.3 Å². The Morgan fingerprint density at radius 1 is 1.15 bits per heavy atom. The average Bonchev–Trinajstić information content (AvgIpc) is 3.17. The number of benzene rings is 1. The lowest BCUT2D eigenvalue weighted by Gasteiger charge is -2.19. The summed E-state index contributed by atoms with van der Waals surface area (Å²) in [6.07, 6.45) is -0.0340. The highest BCUT2D eigenvalue weighted by Gasteiger charge is 2.23. The predicted octanol–water partition coefficient (Wildman–Crippen LogP) is 3.09. The molecular weight excluding hydrogens is 388 g/mol. The minimum atomic E-state index is -3.71. The summed E-state index contributed by atoms with van der Waals surface area (Å²) in [6, 6.07) is 7.19. The maximum Gasteiger partial charge on any atom is 0.243 e. The van der Waals surface area contributed by atoms with Crippen LogP contribution in [0.2, 0.25) is 0 Å². The molecule has 0 unspecified atom stereocenters. The van der Waals surface area contributed by atoms with Gasteiger partial charge in [-0.15, -0.1) is 11.3 Å². The van der Waals surface area contributed by atoms with Crippen LogP contribution in [0.4, 0.5) is 5.69 Å². The molecule has 7 nitrogen and oxygen atoms in total. The molecule has 2 N–H and O–H groups in total. The molecule has 0 fully saturated rings. The van der Waals surface area contributed by atoms with Crippen molar-refractivity contribution in [2.45, 2.75) is 31.6 Å². The molecule has 27 heavy (non-hydrogen) atoms. The van der Waals surface area contributed by atoms with Crippen LogP contribution in [0, 0.1) is 0 Å². The third-order valence-corrected chi connectivity index (χ3v) is 6.92. The summed E-state index contributed by atoms with van der Waals surface area (Å²) in [5.41, 5.74) is -0.00296. The molecule has 0 spiro atoms. The van der Waals surface area contributed by atoms with Gasteiger partial charge in [-0.25, -0.2) is 8.42 Å². The smallest absolute Gasteiger partial charge is 0.243 e. The van der Waals surface area contributed by atoms with E-state index in [1.807, 2.05) is 0 Å². The van der Waals surface area contributed by atoms with E-state index in [-0.39, 0.29) is 35.0 Å². The molecule has 1 aromatic carbocycles. The molecule has 0 bridgehead atoms. The summed E-state index contributed by atoms with van der Waals surface area (Å²) >= 11 is 1.31. The van der Waals surface area contributed by atoms with Crippen LogP contribution in [0.25, 0.3) is 0 Å². The van der Waals surface area contributed by atoms with Gasteiger partial charge in [0.1, 0.15) is 5.75 Å². The number of nitrogens with zero attached hydrogens (tertiary/aromatic N) is 1. The lowest BCUT2D eigenvalue weighted by atomic mass is 10.2. The van der Waals surface area contributed by atoms with Crippen molar-refractivity contribution in [2.24, 2.45) is 0 Å². The number of carbonyl (C=O) groups excluding carboxylic acids is 2. The number of phenolic OH excluding ortho intramolecular Hbond substituents is 1. The van der Waals surface area contributed by atoms with Gasteiger partial charge in [-0.1, -0.05) is 19.9 Å². The molecule has 9 heteroatoms. The van der Waals surface area contributed by atoms with E-state index >= 15 is 0 Å². The Balaban J connectivity index is 2.10. The Kier molecular flexibility index (Phi) is 7.11. The van der Waals surface area contributed by atoms with Crippen molar-refractivity contribution in [3.63, 3.8) is 0 Å². The van der Waals surface area contributed by atoms with Crippen molar-refractivity contribution >= 4 is 38.7 Å². The van der Waals surface area contributed by atoms with Crippen LogP contribution in [0.15, 0.2) is 40.6 Å². The third kappa shape index (κ3) is 5.15. The van der Waals surface area contributed by atoms with Crippen LogP contribution in [0.3, 0.4) is 0 Å². The van der Waals surface area contributed by atoms with Gasteiger partial charge in [-0.05, 0) is 29.6 Å². The highest BCUT2D eigenvalue weighted by atomic mass is 32.2. The van der Waals surface area contributed by atoms with E-state index in [2.05, 4.69) is 5.32 Å². The summed E-state index contributed by atoms with van der Waals surface area (Å²) in [7, 11) is -3.71. The van der Waals surface area contributed by atoms with Gasteiger partial charge < -0.3 is 10.4 Å². The number of Topliss-reactive ketones (excluding diaryl/α,β-unsaturated/α-hetero) is 1. The second-order valence-electron chi connectivity index (χ2n) is 5.72. The third-order valence-electron chi connectivity index (χ3n) is 3.96. The first-order chi connectivity index (χ1) is 12.8. The first-order valence-electron chi connectivity index (χ1n) is 8.49. The molecule has 0 aliphatic heterocycles. The number of ketones is 1. The van der Waals surface area contributed by atoms with Crippen molar-refractivity contribution in [1.82, 2.24) is 4.31 Å². The number of sulfonamides is 1. The van der Waals surface area contributed by atoms with Crippen molar-refractivity contribution in [2.75, 3.05) is 18.4 Å². The standard InChI is InChI=1S/C18H22N2O5S2/c1-3-20(4-2)27(24,25)13-7-8-15(21)14(12-13)19-18(23)10-9-16(22)17-6-5-11-26-17/h5-8,11-12,21H,3-4,9-10H2,1-2H3,(H,19,23). The molecule has 1 heterocycles. The maximum atomic E-state index is 12.6. The fraction of sp³-hybridized carbons (Fsp3) is 0.333. The van der Waals surface area contributed by atoms with E-state index in [9.17, 15) is 23.1 Å². The molecule has 0 atom stereocenters. The molecule has 0 saturated heterocycles. The number of rotatable bonds is 9. The van der Waals surface area contributed by atoms with Crippen molar-refractivity contribution in [3.8, 4) is 5.75 Å². The zero-order valence-electron chi connectivity index (χ0n) is 15.1. The fourth-order valence-corrected chi connectivity index (χ4v) is 4.67. The summed E-state index contributed by atoms with van der Waals surface area (Å²) in [5.74, 6) is -0.860. The Bertz CT molecular complexity index is 904. The van der Waals surface area contributed by atoms with Gasteiger partial charge in [0, 0.05) is 25.9 Å². The minimum absolute atomic E-state index is 0.00296. The number of phenols is 1. The maximum absolute atomic E-state index is 12.6. The number of hydrogen-bond donors (Lipinski definition) is 2. The van der Waals surface area contributed by atoms with E-state index < -0.39 is 15.9 Å². The zero-order chi connectivity index (χ0) is 20.0. The molecule has 1 aromatic heterocycles. The molecule has 2 aromatic rings. The number of thiophene rings is 1. The normalized spacial score (nSPS) is 11.5. The molecule has 0 radical (unpaired) electrons. The van der Waals surface area contributed by atoms with Crippen LogP contribution in [-0.2, 0) is 14.8 Å². The highest BCUT2D eigenvalue weighted by molar-refractivity contribution is 7.89. The molecule has 1 amide bonds. The molecule has 0 aliphatic carbocycles. The van der Waals surface area contributed by atoms with Gasteiger partial charge in [0.2, 0.25) is 15.9 Å². The number of aromatic hydroxyl groups is 1. The van der Waals surface area contributed by atoms with Crippen molar-refractivity contribution in [3.05, 3.63) is 40.6 Å². The lowest BCUT2D eigenvalue weighted by molar-refractivity contribution is -0.116. The molecule has 0 aliphatic rings. The molecular formula is C18H22N2O5S2. The number of nitrogens with one attached hydrogen (secondary N) is 1. The van der Waals surface area contributed by atoms with E-state index in [0.717, 1.165) is 0 Å². The average molecular weight is 411 g/mol. The van der Waals surface area contributed by atoms with E-state index in [0.29, 0.717) is 18.0 Å². The summed E-state index contributed by atoms with van der Waals surface area (Å²) in [6.45, 7) is 4.09. The summed E-state index contributed by atoms with van der Waals surface area (Å²) in [4.78, 5) is 24.6. The van der Waals surface area contributed by atoms with Gasteiger partial charge in [0.15, 0.2) is 5.78 Å². The molecule has 0 saturated carbocycles. The van der Waals surface area contributed by atoms with Crippen LogP contribution in [0.5, 0.6) is 5.75 Å². The highest BCUT2D eigenvalue weighted by Crippen LogP contribution is 2.28. The van der Waals surface area contributed by atoms with Gasteiger partial charge in [-0.3, -0.25) is 9.59 Å². The van der Waals surface area contributed by atoms with Gasteiger partial charge >= 0.3 is 0 Å². The van der Waals surface area contributed by atoms with Crippen LogP contribution < -0.4 is 5.32 Å². The largest absolute Gasteiger partial charge is 0.506 e. The van der Waals surface area contributed by atoms with Gasteiger partial charge in [0.25, 0.3) is 0 Å². The fourth-order valence-electron chi connectivity index (χ4n) is 2.49. The van der Waals surface area contributed by atoms with Crippen LogP contribution in [-0.4, -0.2) is 42.6 Å². The van der Waals surface area contributed by atoms with E-state index in [4.69, 9.17) is 0 Å². The Morgan fingerprint density at radius 3 is 2.44 bits per heavy atom. The first kappa shape index (κ1) is 21.1. The monoisotopic (exact) mass is 410 g/mol. The van der Waals surface area contributed by atoms with Crippen molar-refractivity contribution in [1.29, 1.82) is 0 Å². The summed E-state index contributed by atoms with van der Waals surface area (Å²) in [5, 5.41) is 14.2. The molecule has 2 rings (SSSR count). The number of hydrogen-bond acceptors (Lipinski definition) is 6. The second kappa shape index (κ2) is 9.12. The van der Waals surface area contributed by atoms with Crippen LogP contribution in [0.1, 0.15) is 36.4 Å². The Morgan fingerprint density at radius 2 is 1.85 bits per heavy atom. The minimum Gasteiger partial charge on any atom is -0.506 e. The van der Waals surface area contributed by atoms with E-state index in [1.165, 1.54) is 33.8 Å². The lowest BCUT2D eigenvalue weighted by Crippen LogP contribution is -2.30. The SMILES string of the molecule is CCN(CC)S(=O)(=O)c1ccc(O)c(NC(=O)CCC(=O)c2cccs2)c1. The summed E-state index contributed by atoms with van der Waals surface area (Å²) < 4.78 is 26.4. The zero-order valence-corrected chi connectivity index (χ0v) is 16.8. The van der Waals surface area contributed by atoms with E-state index in [1.54, 1.807) is 31.4 Å². The quantitative estimate of drug-likeness (QED) is 0.488. The number of carbonyl (C=O) groups is 2. The Labute approximate surface area is 162 Å². The second-order valence-corrected chi connectivity index (χ2v) is 8.60. The topological polar surface area (TPSA) is 104 Å². The molecule has 146 valence electrons. The van der Waals surface area contributed by atoms with Crippen molar-refractivity contribution < 1.29 is 23.1 Å². The predicted molar refractivity (Wildman–Crippen MR) is 105 cm³/mol. The van der Waals surface area contributed by atoms with Gasteiger partial charge in [0.05, 0.1) is 15.5 Å². The Hall–Kier alpha value is -2.23.